The molecule has 3 heterocycles. The highest BCUT2D eigenvalue weighted by molar-refractivity contribution is 6.91. The molecule has 7 rings (SSSR count). The fraction of sp³-hybridized carbons (Fsp3) is 0.294. The molecule has 7 nitrogen and oxygen atoms in total. The molecule has 3 aliphatic rings. The molecule has 2 amide bonds. The molecule has 1 saturated heterocycles. The van der Waals surface area contributed by atoms with Crippen LogP contribution in [-0.4, -0.2) is 44.8 Å². The molecule has 3 aliphatic heterocycles. The van der Waals surface area contributed by atoms with Crippen LogP contribution in [0, 0.1) is 5.92 Å². The van der Waals surface area contributed by atoms with Gasteiger partial charge in [0, 0.05) is 34.8 Å². The van der Waals surface area contributed by atoms with Crippen molar-refractivity contribution in [3.63, 3.8) is 0 Å². The third-order valence-electron chi connectivity index (χ3n) is 9.80. The third-order valence-corrected chi connectivity index (χ3v) is 14.2. The zero-order valence-electron chi connectivity index (χ0n) is 24.2. The number of anilines is 3. The Balaban J connectivity index is 1.33. The molecule has 0 saturated carbocycles. The number of aliphatic hydroxyl groups is 1. The van der Waals surface area contributed by atoms with E-state index in [9.17, 15) is 14.7 Å². The van der Waals surface area contributed by atoms with Crippen LogP contribution in [-0.2, 0) is 15.1 Å². The lowest BCUT2D eigenvalue weighted by molar-refractivity contribution is -0.143. The van der Waals surface area contributed by atoms with E-state index in [0.717, 1.165) is 27.8 Å². The second-order valence-corrected chi connectivity index (χ2v) is 16.9. The maximum absolute atomic E-state index is 14.0. The summed E-state index contributed by atoms with van der Waals surface area (Å²) in [6, 6.07) is 25.7. The van der Waals surface area contributed by atoms with Crippen LogP contribution >= 0.6 is 0 Å². The summed E-state index contributed by atoms with van der Waals surface area (Å²) in [6.07, 6.45) is 0.133. The van der Waals surface area contributed by atoms with Gasteiger partial charge in [0.05, 0.1) is 32.5 Å². The van der Waals surface area contributed by atoms with Crippen LogP contribution in [0.15, 0.2) is 78.9 Å². The van der Waals surface area contributed by atoms with Gasteiger partial charge >= 0.3 is 0 Å². The van der Waals surface area contributed by atoms with Gasteiger partial charge in [-0.05, 0) is 59.8 Å². The van der Waals surface area contributed by atoms with Crippen molar-refractivity contribution in [3.05, 3.63) is 90.0 Å². The van der Waals surface area contributed by atoms with E-state index in [0.29, 0.717) is 23.4 Å². The van der Waals surface area contributed by atoms with Gasteiger partial charge in [0.25, 0.3) is 11.8 Å². The number of carbonyl (C=O) groups excluding carboxylic acids is 2. The van der Waals surface area contributed by atoms with E-state index in [4.69, 9.17) is 9.47 Å². The highest BCUT2D eigenvalue weighted by atomic mass is 28.3. The molecule has 4 aromatic rings. The van der Waals surface area contributed by atoms with Crippen molar-refractivity contribution in [2.75, 3.05) is 23.9 Å². The first-order valence-electron chi connectivity index (χ1n) is 14.5. The van der Waals surface area contributed by atoms with Gasteiger partial charge in [-0.25, -0.2) is 0 Å². The minimum atomic E-state index is -2.25. The van der Waals surface area contributed by atoms with Crippen LogP contribution in [0.1, 0.15) is 29.3 Å². The minimum Gasteiger partial charge on any atom is -0.497 e. The predicted octanol–water partition coefficient (Wildman–Crippen LogP) is 5.69. The molecule has 214 valence electrons. The van der Waals surface area contributed by atoms with Gasteiger partial charge in [-0.2, -0.15) is 0 Å². The van der Waals surface area contributed by atoms with Gasteiger partial charge in [-0.3, -0.25) is 14.5 Å². The van der Waals surface area contributed by atoms with Gasteiger partial charge < -0.3 is 19.9 Å². The Morgan fingerprint density at radius 2 is 1.76 bits per heavy atom. The SMILES string of the molecule is COc1ccc([Si](C)(C)[C@@H]2[C@@H](CCO)O[C@]3(C(=O)Nc4ccc(N5C(=O)c6cccc7cccc5c67)cc43)[C@H]2C)cc1. The van der Waals surface area contributed by atoms with Crippen molar-refractivity contribution in [2.45, 2.75) is 43.7 Å². The van der Waals surface area contributed by atoms with Crippen molar-refractivity contribution < 1.29 is 24.2 Å². The number of ether oxygens (including phenoxy) is 2. The van der Waals surface area contributed by atoms with Crippen molar-refractivity contribution in [1.29, 1.82) is 0 Å². The summed E-state index contributed by atoms with van der Waals surface area (Å²) in [5.74, 6) is 0.348. The first kappa shape index (κ1) is 26.9. The number of rotatable bonds is 6. The molecule has 4 aromatic carbocycles. The molecule has 4 atom stereocenters. The molecule has 1 spiro atoms. The summed E-state index contributed by atoms with van der Waals surface area (Å²) in [4.78, 5) is 29.4. The van der Waals surface area contributed by atoms with Crippen molar-refractivity contribution in [2.24, 2.45) is 5.92 Å². The lowest BCUT2D eigenvalue weighted by Gasteiger charge is -2.37. The van der Waals surface area contributed by atoms with Crippen LogP contribution in [0.3, 0.4) is 0 Å². The van der Waals surface area contributed by atoms with Gasteiger partial charge in [-0.15, -0.1) is 0 Å². The van der Waals surface area contributed by atoms with E-state index in [1.54, 1.807) is 12.0 Å². The lowest BCUT2D eigenvalue weighted by Crippen LogP contribution is -2.51. The van der Waals surface area contributed by atoms with Gasteiger partial charge in [0.15, 0.2) is 5.60 Å². The summed E-state index contributed by atoms with van der Waals surface area (Å²) in [5, 5.41) is 16.4. The monoisotopic (exact) mass is 578 g/mol. The number of fused-ring (bicyclic) bond motifs is 2. The number of hydrogen-bond acceptors (Lipinski definition) is 5. The Bertz CT molecular complexity index is 1750. The molecular weight excluding hydrogens is 544 g/mol. The Hall–Kier alpha value is -3.98. The topological polar surface area (TPSA) is 88.1 Å². The fourth-order valence-electron chi connectivity index (χ4n) is 7.83. The molecular formula is C34H34N2O5Si. The number of nitrogens with zero attached hydrogens (tertiary/aromatic N) is 1. The number of carbonyl (C=O) groups is 2. The van der Waals surface area contributed by atoms with Crippen LogP contribution in [0.5, 0.6) is 5.75 Å². The summed E-state index contributed by atoms with van der Waals surface area (Å²) in [6.45, 7) is 6.71. The summed E-state index contributed by atoms with van der Waals surface area (Å²) in [5.41, 5.74) is 2.47. The van der Waals surface area contributed by atoms with E-state index in [1.807, 2.05) is 66.7 Å². The number of amides is 2. The normalized spacial score (nSPS) is 24.5. The second kappa shape index (κ2) is 9.52. The predicted molar refractivity (Wildman–Crippen MR) is 167 cm³/mol. The van der Waals surface area contributed by atoms with Crippen LogP contribution in [0.4, 0.5) is 17.1 Å². The van der Waals surface area contributed by atoms with Crippen LogP contribution in [0.2, 0.25) is 18.6 Å². The number of aliphatic hydroxyl groups excluding tert-OH is 1. The number of hydrogen-bond donors (Lipinski definition) is 2. The quantitative estimate of drug-likeness (QED) is 0.287. The smallest absolute Gasteiger partial charge is 0.263 e. The zero-order chi connectivity index (χ0) is 29.4. The fourth-order valence-corrected chi connectivity index (χ4v) is 11.9. The second-order valence-electron chi connectivity index (χ2n) is 12.2. The standard InChI is InChI=1S/C34H34N2O5Si/c1-20-31(42(3,4)24-14-12-23(40-2)13-15-24)29(17-18-37)41-34(20)26-19-22(11-16-27(26)35-33(34)39)36-28-10-6-8-21-7-5-9-25(30(21)28)32(36)38/h5-16,19-20,29,31,37H,17-18H2,1-4H3,(H,35,39)/t20-,29+,31-,34+/m0/s1. The Kier molecular flexibility index (Phi) is 6.10. The molecule has 1 fully saturated rings. The molecule has 0 unspecified atom stereocenters. The van der Waals surface area contributed by atoms with Gasteiger partial charge in [0.1, 0.15) is 5.75 Å². The van der Waals surface area contributed by atoms with Gasteiger partial charge in [-0.1, -0.05) is 61.6 Å². The van der Waals surface area contributed by atoms with E-state index in [2.05, 4.69) is 37.5 Å². The molecule has 0 bridgehead atoms. The number of nitrogens with one attached hydrogen (secondary N) is 1. The lowest BCUT2D eigenvalue weighted by atomic mass is 9.82. The molecule has 8 heteroatoms. The molecule has 42 heavy (non-hydrogen) atoms. The molecule has 2 N–H and O–H groups in total. The largest absolute Gasteiger partial charge is 0.497 e. The van der Waals surface area contributed by atoms with Crippen molar-refractivity contribution in [3.8, 4) is 5.75 Å². The highest BCUT2D eigenvalue weighted by Gasteiger charge is 2.64. The van der Waals surface area contributed by atoms with E-state index < -0.39 is 13.7 Å². The maximum Gasteiger partial charge on any atom is 0.263 e. The van der Waals surface area contributed by atoms with Crippen molar-refractivity contribution in [1.82, 2.24) is 0 Å². The Morgan fingerprint density at radius 3 is 2.48 bits per heavy atom. The number of methoxy groups -OCH3 is 1. The van der Waals surface area contributed by atoms with E-state index in [-0.39, 0.29) is 36.0 Å². The first-order valence-corrected chi connectivity index (χ1v) is 17.6. The third kappa shape index (κ3) is 3.58. The number of benzene rings is 4. The van der Waals surface area contributed by atoms with Crippen molar-refractivity contribution >= 4 is 52.9 Å². The average Bonchev–Trinajstić information content (AvgIpc) is 3.57. The average molecular weight is 579 g/mol. The molecule has 0 aromatic heterocycles. The first-order chi connectivity index (χ1) is 20.2. The Labute approximate surface area is 246 Å². The Morgan fingerprint density at radius 1 is 1.02 bits per heavy atom. The zero-order valence-corrected chi connectivity index (χ0v) is 25.2. The summed E-state index contributed by atoms with van der Waals surface area (Å²) >= 11 is 0. The summed E-state index contributed by atoms with van der Waals surface area (Å²) < 4.78 is 12.3. The molecule has 0 radical (unpaired) electrons. The summed E-state index contributed by atoms with van der Waals surface area (Å²) in [7, 11) is -0.594. The molecule has 0 aliphatic carbocycles. The van der Waals surface area contributed by atoms with E-state index in [1.165, 1.54) is 5.19 Å². The van der Waals surface area contributed by atoms with Gasteiger partial charge in [0.2, 0.25) is 0 Å². The van der Waals surface area contributed by atoms with Crippen LogP contribution < -0.4 is 20.1 Å². The van der Waals surface area contributed by atoms with E-state index >= 15 is 0 Å². The van der Waals surface area contributed by atoms with Crippen LogP contribution in [0.25, 0.3) is 10.8 Å². The maximum atomic E-state index is 14.0. The minimum absolute atomic E-state index is 0.0316. The highest BCUT2D eigenvalue weighted by Crippen LogP contribution is 2.59.